The Labute approximate surface area is 55.7 Å². The summed E-state index contributed by atoms with van der Waals surface area (Å²) < 4.78 is 0. The summed E-state index contributed by atoms with van der Waals surface area (Å²) in [5.41, 5.74) is 0. The molecular weight excluding hydrogens is 81.1 g/mol. The van der Waals surface area contributed by atoms with E-state index in [2.05, 4.69) is 12.6 Å². The molecule has 0 heterocycles. The molecule has 0 aromatic heterocycles. The molecule has 0 aliphatic carbocycles. The van der Waals surface area contributed by atoms with Crippen molar-refractivity contribution in [3.8, 4) is 5.40 Å². The van der Waals surface area contributed by atoms with Crippen LogP contribution < -0.4 is 29.6 Å². The molecule has 0 saturated carbocycles. The molecular formula is CH3NNaS+. The molecule has 0 aliphatic heterocycles. The molecule has 0 atom stereocenters. The molecule has 0 rings (SSSR count). The zero-order valence-electron chi connectivity index (χ0n) is 4.39. The van der Waals surface area contributed by atoms with E-state index in [9.17, 15) is 0 Å². The molecule has 0 N–H and O–H groups in total. The van der Waals surface area contributed by atoms with Crippen molar-refractivity contribution < 1.29 is 32.4 Å². The molecule has 1 nitrogen and oxygen atoms in total. The summed E-state index contributed by atoms with van der Waals surface area (Å²) in [6.45, 7) is 0. The fourth-order valence-corrected chi connectivity index (χ4v) is 0. The Morgan fingerprint density at radius 1 is 2.25 bits per heavy atom. The van der Waals surface area contributed by atoms with Gasteiger partial charge in [0.05, 0.1) is 0 Å². The van der Waals surface area contributed by atoms with Crippen LogP contribution in [0.4, 0.5) is 0 Å². The third kappa shape index (κ3) is 13.6. The van der Waals surface area contributed by atoms with Gasteiger partial charge in [-0.05, 0) is 0 Å². The van der Waals surface area contributed by atoms with Crippen molar-refractivity contribution in [3.05, 3.63) is 0 Å². The first-order valence-corrected chi connectivity index (χ1v) is 0.894. The number of nitriles is 1. The van der Waals surface area contributed by atoms with Crippen LogP contribution in [0.25, 0.3) is 0 Å². The Bertz CT molecular complexity index is 35.0. The molecule has 0 aliphatic rings. The fourth-order valence-electron chi connectivity index (χ4n) is 0. The van der Waals surface area contributed by atoms with Gasteiger partial charge >= 0.3 is 31.0 Å². The molecule has 3 heteroatoms. The number of rotatable bonds is 0. The summed E-state index contributed by atoms with van der Waals surface area (Å²) in [6, 6.07) is 0. The minimum Gasteiger partial charge on any atom is -1.00 e. The Morgan fingerprint density at radius 3 is 2.25 bits per heavy atom. The van der Waals surface area contributed by atoms with Crippen LogP contribution in [-0.4, -0.2) is 0 Å². The molecule has 0 fully saturated rings. The van der Waals surface area contributed by atoms with E-state index in [0.29, 0.717) is 0 Å². The van der Waals surface area contributed by atoms with E-state index in [4.69, 9.17) is 5.26 Å². The second kappa shape index (κ2) is 9.15. The van der Waals surface area contributed by atoms with E-state index in [1.165, 1.54) is 5.40 Å². The van der Waals surface area contributed by atoms with Gasteiger partial charge < -0.3 is 1.43 Å². The number of hydrogen-bond acceptors (Lipinski definition) is 2. The minimum absolute atomic E-state index is 0. The van der Waals surface area contributed by atoms with Crippen LogP contribution in [0.2, 0.25) is 0 Å². The molecule has 0 saturated heterocycles. The summed E-state index contributed by atoms with van der Waals surface area (Å²) >= 11 is 3.09. The molecule has 0 spiro atoms. The largest absolute Gasteiger partial charge is 1.00 e. The summed E-state index contributed by atoms with van der Waals surface area (Å²) in [4.78, 5) is 0. The number of thiocyanates is 1. The molecule has 4 heavy (non-hydrogen) atoms. The van der Waals surface area contributed by atoms with Crippen LogP contribution in [0.3, 0.4) is 0 Å². The van der Waals surface area contributed by atoms with Crippen molar-refractivity contribution in [1.82, 2.24) is 0 Å². The summed E-state index contributed by atoms with van der Waals surface area (Å²) in [5.74, 6) is 0. The zero-order chi connectivity index (χ0) is 2.71. The molecule has 0 bridgehead atoms. The second-order valence-corrected chi connectivity index (χ2v) is 0.300. The predicted molar refractivity (Wildman–Crippen MR) is 16.8 cm³/mol. The van der Waals surface area contributed by atoms with Crippen LogP contribution >= 0.6 is 12.6 Å². The van der Waals surface area contributed by atoms with Crippen LogP contribution in [0.1, 0.15) is 2.85 Å². The average molecular weight is 84.1 g/mol. The quantitative estimate of drug-likeness (QED) is 0.198. The van der Waals surface area contributed by atoms with Gasteiger partial charge in [0.15, 0.2) is 0 Å². The summed E-state index contributed by atoms with van der Waals surface area (Å²) in [6.07, 6.45) is 0. The molecule has 0 aromatic carbocycles. The number of thiol groups is 1. The van der Waals surface area contributed by atoms with Crippen molar-refractivity contribution in [1.29, 1.82) is 5.26 Å². The number of nitrogens with zero attached hydrogens (tertiary/aromatic N) is 1. The maximum absolute atomic E-state index is 7.18. The smallest absolute Gasteiger partial charge is 1.00 e. The van der Waals surface area contributed by atoms with Gasteiger partial charge in [-0.25, -0.2) is 0 Å². The van der Waals surface area contributed by atoms with E-state index in [0.717, 1.165) is 0 Å². The van der Waals surface area contributed by atoms with Crippen molar-refractivity contribution in [2.45, 2.75) is 0 Å². The van der Waals surface area contributed by atoms with Crippen molar-refractivity contribution in [3.63, 3.8) is 0 Å². The van der Waals surface area contributed by atoms with Crippen LogP contribution in [0.15, 0.2) is 0 Å². The Hall–Kier alpha value is 0.840. The van der Waals surface area contributed by atoms with Gasteiger partial charge in [0.25, 0.3) is 0 Å². The van der Waals surface area contributed by atoms with Crippen LogP contribution in [-0.2, 0) is 0 Å². The third-order valence-electron chi connectivity index (χ3n) is 0. The normalized spacial score (nSPS) is 2.00. The van der Waals surface area contributed by atoms with Gasteiger partial charge in [-0.2, -0.15) is 5.26 Å². The second-order valence-electron chi connectivity index (χ2n) is 0.100. The zero-order valence-corrected chi connectivity index (χ0v) is 5.29. The average Bonchev–Trinajstić information content (AvgIpc) is 0.918. The van der Waals surface area contributed by atoms with Gasteiger partial charge in [-0.15, -0.1) is 0 Å². The van der Waals surface area contributed by atoms with Crippen LogP contribution in [0, 0.1) is 10.7 Å². The van der Waals surface area contributed by atoms with E-state index in [-0.39, 0.29) is 32.4 Å². The first kappa shape index (κ1) is 8.85. The minimum atomic E-state index is 0. The first-order chi connectivity index (χ1) is 1.41. The van der Waals surface area contributed by atoms with E-state index in [1.807, 2.05) is 0 Å². The summed E-state index contributed by atoms with van der Waals surface area (Å²) in [5, 5.41) is 8.63. The van der Waals surface area contributed by atoms with E-state index in [1.54, 1.807) is 0 Å². The maximum atomic E-state index is 7.18. The summed E-state index contributed by atoms with van der Waals surface area (Å²) in [7, 11) is 0. The monoisotopic (exact) mass is 84.0 g/mol. The van der Waals surface area contributed by atoms with Crippen molar-refractivity contribution in [2.24, 2.45) is 0 Å². The van der Waals surface area contributed by atoms with Gasteiger partial charge in [-0.1, -0.05) is 12.6 Å². The molecule has 0 radical (unpaired) electrons. The third-order valence-corrected chi connectivity index (χ3v) is 0. The topological polar surface area (TPSA) is 23.8 Å². The Balaban J connectivity index is -0.00000000667. The Morgan fingerprint density at radius 2 is 2.25 bits per heavy atom. The maximum Gasteiger partial charge on any atom is 1.00 e. The van der Waals surface area contributed by atoms with E-state index < -0.39 is 0 Å². The molecule has 0 amide bonds. The standard InChI is InChI=1S/CHNS.Na.H/c2-1-3;;/h3H;;/q;+1;-1/p+1. The molecule has 18 valence electrons. The van der Waals surface area contributed by atoms with Gasteiger partial charge in [-0.3, -0.25) is 0 Å². The first-order valence-electron chi connectivity index (χ1n) is 0.447. The SMILES string of the molecule is N#CS.[H+].[H-].[Na+]. The fraction of sp³-hybridized carbons (Fsp3) is 0. The Kier molecular flexibility index (Phi) is 20.2. The van der Waals surface area contributed by atoms with Crippen molar-refractivity contribution in [2.75, 3.05) is 0 Å². The van der Waals surface area contributed by atoms with E-state index >= 15 is 0 Å². The van der Waals surface area contributed by atoms with Crippen LogP contribution in [0.5, 0.6) is 0 Å². The molecule has 0 aromatic rings. The van der Waals surface area contributed by atoms with Crippen molar-refractivity contribution >= 4 is 12.6 Å². The van der Waals surface area contributed by atoms with Gasteiger partial charge in [0, 0.05) is 0 Å². The van der Waals surface area contributed by atoms with Gasteiger partial charge in [0.1, 0.15) is 5.40 Å². The van der Waals surface area contributed by atoms with Gasteiger partial charge in [0.2, 0.25) is 0 Å². The molecule has 0 unspecified atom stereocenters. The predicted octanol–water partition coefficient (Wildman–Crippen LogP) is -2.37. The number of hydrogen-bond donors (Lipinski definition) is 1.